The average Bonchev–Trinajstić information content (AvgIpc) is 2.54. The van der Waals surface area contributed by atoms with E-state index in [0.717, 1.165) is 0 Å². The van der Waals surface area contributed by atoms with Crippen molar-refractivity contribution in [1.82, 2.24) is 19.7 Å². The highest BCUT2D eigenvalue weighted by atomic mass is 16.2. The largest absolute Gasteiger partial charge is 0.336 e. The molecule has 0 bridgehead atoms. The van der Waals surface area contributed by atoms with E-state index >= 15 is 0 Å². The molecule has 1 aromatic rings. The summed E-state index contributed by atoms with van der Waals surface area (Å²) in [5, 5.41) is 3.92. The molecule has 0 spiro atoms. The quantitative estimate of drug-likeness (QED) is 0.742. The lowest BCUT2D eigenvalue weighted by Gasteiger charge is -2.30. The molecule has 0 aliphatic rings. The Bertz CT molecular complexity index is 297. The van der Waals surface area contributed by atoms with Crippen molar-refractivity contribution in [2.24, 2.45) is 0 Å². The highest BCUT2D eigenvalue weighted by molar-refractivity contribution is 5.76. The number of carbonyl (C=O) groups is 1. The Labute approximate surface area is 90.1 Å². The fraction of sp³-hybridized carbons (Fsp3) is 0.700. The second-order valence-corrected chi connectivity index (χ2v) is 4.08. The number of rotatable bonds is 4. The molecule has 0 aliphatic heterocycles. The van der Waals surface area contributed by atoms with Gasteiger partial charge in [0.2, 0.25) is 5.91 Å². The highest BCUT2D eigenvalue weighted by Gasteiger charge is 2.20. The molecular weight excluding hydrogens is 192 g/mol. The zero-order valence-corrected chi connectivity index (χ0v) is 9.71. The lowest BCUT2D eigenvalue weighted by atomic mass is 10.2. The Balaban J connectivity index is 2.65. The maximum atomic E-state index is 11.9. The van der Waals surface area contributed by atoms with Gasteiger partial charge in [0.25, 0.3) is 0 Å². The summed E-state index contributed by atoms with van der Waals surface area (Å²) in [5.74, 6) is 0.0745. The van der Waals surface area contributed by atoms with E-state index in [1.54, 1.807) is 11.0 Å². The molecule has 0 saturated carbocycles. The molecule has 1 amide bonds. The molecular formula is C10H18N4O. The second kappa shape index (κ2) is 4.91. The third-order valence-corrected chi connectivity index (χ3v) is 2.16. The molecule has 0 N–H and O–H groups in total. The summed E-state index contributed by atoms with van der Waals surface area (Å²) in [6.07, 6.45) is 2.99. The van der Waals surface area contributed by atoms with Crippen LogP contribution < -0.4 is 0 Å². The number of amides is 1. The van der Waals surface area contributed by atoms with E-state index in [4.69, 9.17) is 0 Å². The summed E-state index contributed by atoms with van der Waals surface area (Å²) < 4.78 is 1.54. The van der Waals surface area contributed by atoms with Crippen molar-refractivity contribution in [3.63, 3.8) is 0 Å². The van der Waals surface area contributed by atoms with Gasteiger partial charge in [0.1, 0.15) is 19.2 Å². The van der Waals surface area contributed by atoms with Crippen LogP contribution in [0.25, 0.3) is 0 Å². The van der Waals surface area contributed by atoms with Gasteiger partial charge in [0.05, 0.1) is 0 Å². The first-order valence-electron chi connectivity index (χ1n) is 5.16. The van der Waals surface area contributed by atoms with Crippen LogP contribution in [-0.4, -0.2) is 37.7 Å². The van der Waals surface area contributed by atoms with Crippen LogP contribution in [0.4, 0.5) is 0 Å². The van der Waals surface area contributed by atoms with Gasteiger partial charge in [-0.1, -0.05) is 0 Å². The summed E-state index contributed by atoms with van der Waals surface area (Å²) in [6.45, 7) is 8.31. The third kappa shape index (κ3) is 3.04. The number of carbonyl (C=O) groups excluding carboxylic acids is 1. The molecule has 84 valence electrons. The number of hydrogen-bond acceptors (Lipinski definition) is 3. The standard InChI is InChI=1S/C10H18N4O/c1-8(2)14(9(3)4)10(15)5-13-7-11-6-12-13/h6-9H,5H2,1-4H3. The van der Waals surface area contributed by atoms with Crippen molar-refractivity contribution in [3.05, 3.63) is 12.7 Å². The first-order chi connectivity index (χ1) is 7.02. The number of aromatic nitrogens is 3. The highest BCUT2D eigenvalue weighted by Crippen LogP contribution is 2.06. The van der Waals surface area contributed by atoms with E-state index in [0.29, 0.717) is 0 Å². The van der Waals surface area contributed by atoms with E-state index in [9.17, 15) is 4.79 Å². The van der Waals surface area contributed by atoms with Gasteiger partial charge in [0.15, 0.2) is 0 Å². The minimum atomic E-state index is 0.0745. The Morgan fingerprint density at radius 3 is 2.33 bits per heavy atom. The summed E-state index contributed by atoms with van der Waals surface area (Å²) in [4.78, 5) is 17.6. The van der Waals surface area contributed by atoms with Gasteiger partial charge in [-0.25, -0.2) is 9.67 Å². The Kier molecular flexibility index (Phi) is 3.82. The van der Waals surface area contributed by atoms with E-state index < -0.39 is 0 Å². The lowest BCUT2D eigenvalue weighted by Crippen LogP contribution is -2.43. The molecule has 0 saturated heterocycles. The molecule has 5 heteroatoms. The van der Waals surface area contributed by atoms with Crippen molar-refractivity contribution in [2.75, 3.05) is 0 Å². The zero-order valence-electron chi connectivity index (χ0n) is 9.71. The van der Waals surface area contributed by atoms with Crippen molar-refractivity contribution in [2.45, 2.75) is 46.3 Å². The maximum absolute atomic E-state index is 11.9. The van der Waals surface area contributed by atoms with Crippen molar-refractivity contribution in [1.29, 1.82) is 0 Å². The van der Waals surface area contributed by atoms with Crippen LogP contribution in [0, 0.1) is 0 Å². The molecule has 0 unspecified atom stereocenters. The van der Waals surface area contributed by atoms with Crippen LogP contribution in [0.3, 0.4) is 0 Å². The van der Waals surface area contributed by atoms with Crippen LogP contribution >= 0.6 is 0 Å². The van der Waals surface area contributed by atoms with Gasteiger partial charge < -0.3 is 4.90 Å². The Morgan fingerprint density at radius 1 is 1.33 bits per heavy atom. The molecule has 1 rings (SSSR count). The van der Waals surface area contributed by atoms with E-state index in [2.05, 4.69) is 10.1 Å². The van der Waals surface area contributed by atoms with Crippen LogP contribution in [0.5, 0.6) is 0 Å². The molecule has 0 fully saturated rings. The molecule has 15 heavy (non-hydrogen) atoms. The predicted molar refractivity (Wildman–Crippen MR) is 57.1 cm³/mol. The second-order valence-electron chi connectivity index (χ2n) is 4.08. The fourth-order valence-electron chi connectivity index (χ4n) is 1.71. The summed E-state index contributed by atoms with van der Waals surface area (Å²) in [6, 6.07) is 0.419. The molecule has 0 radical (unpaired) electrons. The fourth-order valence-corrected chi connectivity index (χ4v) is 1.71. The van der Waals surface area contributed by atoms with Crippen molar-refractivity contribution >= 4 is 5.91 Å². The maximum Gasteiger partial charge on any atom is 0.244 e. The molecule has 5 nitrogen and oxygen atoms in total. The Hall–Kier alpha value is -1.39. The number of nitrogens with zero attached hydrogens (tertiary/aromatic N) is 4. The summed E-state index contributed by atoms with van der Waals surface area (Å²) in [5.41, 5.74) is 0. The SMILES string of the molecule is CC(C)N(C(=O)Cn1cncn1)C(C)C. The smallest absolute Gasteiger partial charge is 0.244 e. The van der Waals surface area contributed by atoms with Gasteiger partial charge in [-0.05, 0) is 27.7 Å². The van der Waals surface area contributed by atoms with Gasteiger partial charge in [-0.2, -0.15) is 5.10 Å². The van der Waals surface area contributed by atoms with E-state index in [-0.39, 0.29) is 24.5 Å². The van der Waals surface area contributed by atoms with E-state index in [1.165, 1.54) is 6.33 Å². The first kappa shape index (κ1) is 11.7. The van der Waals surface area contributed by atoms with Crippen molar-refractivity contribution < 1.29 is 4.79 Å². The Morgan fingerprint density at radius 2 is 1.93 bits per heavy atom. The van der Waals surface area contributed by atoms with Crippen LogP contribution in [-0.2, 0) is 11.3 Å². The lowest BCUT2D eigenvalue weighted by molar-refractivity contribution is -0.135. The monoisotopic (exact) mass is 210 g/mol. The van der Waals surface area contributed by atoms with Crippen LogP contribution in [0.1, 0.15) is 27.7 Å². The number of hydrogen-bond donors (Lipinski definition) is 0. The third-order valence-electron chi connectivity index (χ3n) is 2.16. The van der Waals surface area contributed by atoms with Gasteiger partial charge in [0, 0.05) is 12.1 Å². The van der Waals surface area contributed by atoms with Gasteiger partial charge in [-0.15, -0.1) is 0 Å². The molecule has 1 heterocycles. The first-order valence-corrected chi connectivity index (χ1v) is 5.16. The molecule has 0 atom stereocenters. The normalized spacial score (nSPS) is 11.1. The average molecular weight is 210 g/mol. The van der Waals surface area contributed by atoms with Crippen LogP contribution in [0.2, 0.25) is 0 Å². The topological polar surface area (TPSA) is 51.0 Å². The minimum absolute atomic E-state index is 0.0745. The molecule has 1 aromatic heterocycles. The van der Waals surface area contributed by atoms with Gasteiger partial charge >= 0.3 is 0 Å². The van der Waals surface area contributed by atoms with Crippen molar-refractivity contribution in [3.8, 4) is 0 Å². The minimum Gasteiger partial charge on any atom is -0.336 e. The van der Waals surface area contributed by atoms with Gasteiger partial charge in [-0.3, -0.25) is 4.79 Å². The summed E-state index contributed by atoms with van der Waals surface area (Å²) in [7, 11) is 0. The molecule has 0 aliphatic carbocycles. The summed E-state index contributed by atoms with van der Waals surface area (Å²) >= 11 is 0. The van der Waals surface area contributed by atoms with E-state index in [1.807, 2.05) is 32.6 Å². The molecule has 0 aromatic carbocycles. The predicted octanol–water partition coefficient (Wildman–Crippen LogP) is 0.923. The zero-order chi connectivity index (χ0) is 11.4. The van der Waals surface area contributed by atoms with Crippen LogP contribution in [0.15, 0.2) is 12.7 Å².